The first-order valence-corrected chi connectivity index (χ1v) is 10.6. The van der Waals surface area contributed by atoms with Crippen molar-refractivity contribution in [1.29, 1.82) is 0 Å². The molecular formula is C22H25N3O3S. The standard InChI is InChI=1S/C22H25N3O3S/c1-28-20-10-5-4-9-19(20)16-24-21(26)25(29-22(24)27)13-6-12-23-14-11-17-7-2-3-8-18(17)15-23/h2-5,7-10H,6,11-16H2,1H3. The van der Waals surface area contributed by atoms with Crippen LogP contribution in [0.2, 0.25) is 0 Å². The third-order valence-electron chi connectivity index (χ3n) is 5.42. The van der Waals surface area contributed by atoms with Crippen LogP contribution in [0.25, 0.3) is 0 Å². The summed E-state index contributed by atoms with van der Waals surface area (Å²) in [5.74, 6) is 0.682. The van der Waals surface area contributed by atoms with Crippen LogP contribution in [0.1, 0.15) is 23.1 Å². The van der Waals surface area contributed by atoms with Crippen LogP contribution in [-0.4, -0.2) is 33.6 Å². The third kappa shape index (κ3) is 4.36. The summed E-state index contributed by atoms with van der Waals surface area (Å²) in [4.78, 5) is 27.3. The van der Waals surface area contributed by atoms with E-state index >= 15 is 0 Å². The number of benzene rings is 2. The molecule has 2 aromatic carbocycles. The topological polar surface area (TPSA) is 56.5 Å². The largest absolute Gasteiger partial charge is 0.496 e. The molecule has 0 saturated heterocycles. The van der Waals surface area contributed by atoms with Crippen LogP contribution in [0, 0.1) is 0 Å². The lowest BCUT2D eigenvalue weighted by Gasteiger charge is -2.28. The van der Waals surface area contributed by atoms with E-state index in [1.807, 2.05) is 24.3 Å². The number of ether oxygens (including phenoxy) is 1. The van der Waals surface area contributed by atoms with Gasteiger partial charge in [-0.2, -0.15) is 0 Å². The molecule has 3 aromatic rings. The molecule has 7 heteroatoms. The number of hydrogen-bond acceptors (Lipinski definition) is 5. The van der Waals surface area contributed by atoms with Gasteiger partial charge in [-0.25, -0.2) is 13.3 Å². The zero-order chi connectivity index (χ0) is 20.2. The predicted octanol–water partition coefficient (Wildman–Crippen LogP) is 2.58. The van der Waals surface area contributed by atoms with Crippen molar-refractivity contribution in [3.05, 3.63) is 85.4 Å². The van der Waals surface area contributed by atoms with Gasteiger partial charge in [-0.1, -0.05) is 42.5 Å². The Morgan fingerprint density at radius 3 is 2.59 bits per heavy atom. The Labute approximate surface area is 173 Å². The van der Waals surface area contributed by atoms with Gasteiger partial charge in [-0.3, -0.25) is 9.69 Å². The van der Waals surface area contributed by atoms with Crippen LogP contribution >= 0.6 is 11.5 Å². The summed E-state index contributed by atoms with van der Waals surface area (Å²) in [6.07, 6.45) is 1.91. The highest BCUT2D eigenvalue weighted by Crippen LogP contribution is 2.19. The molecule has 0 radical (unpaired) electrons. The van der Waals surface area contributed by atoms with Crippen LogP contribution in [0.3, 0.4) is 0 Å². The third-order valence-corrected chi connectivity index (χ3v) is 6.35. The van der Waals surface area contributed by atoms with Gasteiger partial charge in [-0.05, 0) is 30.0 Å². The van der Waals surface area contributed by atoms with E-state index in [0.29, 0.717) is 12.3 Å². The summed E-state index contributed by atoms with van der Waals surface area (Å²) in [7, 11) is 1.59. The van der Waals surface area contributed by atoms with Gasteiger partial charge in [0.15, 0.2) is 0 Å². The molecule has 0 N–H and O–H groups in total. The van der Waals surface area contributed by atoms with E-state index in [-0.39, 0.29) is 17.1 Å². The number of hydrogen-bond donors (Lipinski definition) is 0. The van der Waals surface area contributed by atoms with E-state index in [0.717, 1.165) is 49.6 Å². The van der Waals surface area contributed by atoms with Gasteiger partial charge in [0.1, 0.15) is 5.75 Å². The number of nitrogens with zero attached hydrogens (tertiary/aromatic N) is 3. The van der Waals surface area contributed by atoms with E-state index < -0.39 is 0 Å². The highest BCUT2D eigenvalue weighted by Gasteiger charge is 2.16. The maximum absolute atomic E-state index is 12.7. The molecule has 6 nitrogen and oxygen atoms in total. The van der Waals surface area contributed by atoms with E-state index in [9.17, 15) is 9.59 Å². The molecule has 1 aliphatic heterocycles. The fraction of sp³-hybridized carbons (Fsp3) is 0.364. The van der Waals surface area contributed by atoms with Gasteiger partial charge < -0.3 is 4.74 Å². The molecule has 0 fully saturated rings. The van der Waals surface area contributed by atoms with Gasteiger partial charge in [0.2, 0.25) is 0 Å². The first-order valence-electron chi connectivity index (χ1n) is 9.87. The normalized spacial score (nSPS) is 14.0. The molecule has 0 unspecified atom stereocenters. The number of aryl methyl sites for hydroxylation is 1. The molecule has 0 aliphatic carbocycles. The number of para-hydroxylation sites is 1. The molecule has 1 aliphatic rings. The summed E-state index contributed by atoms with van der Waals surface area (Å²) in [6, 6.07) is 16.0. The van der Waals surface area contributed by atoms with Crippen LogP contribution < -0.4 is 15.3 Å². The fourth-order valence-corrected chi connectivity index (χ4v) is 4.68. The van der Waals surface area contributed by atoms with Crippen molar-refractivity contribution < 1.29 is 4.74 Å². The van der Waals surface area contributed by atoms with Crippen molar-refractivity contribution in [3.8, 4) is 5.75 Å². The van der Waals surface area contributed by atoms with E-state index in [4.69, 9.17) is 4.74 Å². The molecule has 0 spiro atoms. The van der Waals surface area contributed by atoms with Crippen molar-refractivity contribution in [1.82, 2.24) is 13.4 Å². The number of aromatic nitrogens is 2. The minimum atomic E-state index is -0.241. The number of methoxy groups -OCH3 is 1. The lowest BCUT2D eigenvalue weighted by Crippen LogP contribution is -2.33. The Hall–Kier alpha value is -2.64. The van der Waals surface area contributed by atoms with Crippen molar-refractivity contribution in [3.63, 3.8) is 0 Å². The Morgan fingerprint density at radius 1 is 1.00 bits per heavy atom. The highest BCUT2D eigenvalue weighted by atomic mass is 32.1. The second kappa shape index (κ2) is 8.80. The molecule has 0 atom stereocenters. The number of fused-ring (bicyclic) bond motifs is 1. The Kier molecular flexibility index (Phi) is 5.97. The maximum Gasteiger partial charge on any atom is 0.341 e. The molecule has 152 valence electrons. The quantitative estimate of drug-likeness (QED) is 0.600. The summed E-state index contributed by atoms with van der Waals surface area (Å²) in [5, 5.41) is 0. The first kappa shape index (κ1) is 19.7. The summed E-state index contributed by atoms with van der Waals surface area (Å²) in [6.45, 7) is 3.70. The van der Waals surface area contributed by atoms with Gasteiger partial charge in [0.25, 0.3) is 0 Å². The lowest BCUT2D eigenvalue weighted by atomic mass is 10.00. The molecule has 2 heterocycles. The lowest BCUT2D eigenvalue weighted by molar-refractivity contribution is 0.247. The molecule has 1 aromatic heterocycles. The fourth-order valence-electron chi connectivity index (χ4n) is 3.86. The SMILES string of the molecule is COc1ccccc1Cn1c(=O)sn(CCCN2CCc3ccccc3C2)c1=O. The van der Waals surface area contributed by atoms with E-state index in [2.05, 4.69) is 29.2 Å². The van der Waals surface area contributed by atoms with Gasteiger partial charge in [-0.15, -0.1) is 0 Å². The Morgan fingerprint density at radius 2 is 1.76 bits per heavy atom. The summed E-state index contributed by atoms with van der Waals surface area (Å²) >= 11 is 1.00. The minimum Gasteiger partial charge on any atom is -0.496 e. The average Bonchev–Trinajstić information content (AvgIpc) is 3.01. The summed E-state index contributed by atoms with van der Waals surface area (Å²) in [5.41, 5.74) is 3.41. The van der Waals surface area contributed by atoms with Gasteiger partial charge >= 0.3 is 10.6 Å². The molecule has 4 rings (SSSR count). The number of rotatable bonds is 7. The average molecular weight is 412 g/mol. The molecule has 0 amide bonds. The molecule has 0 saturated carbocycles. The van der Waals surface area contributed by atoms with E-state index in [1.54, 1.807) is 11.1 Å². The van der Waals surface area contributed by atoms with Crippen LogP contribution in [0.4, 0.5) is 0 Å². The van der Waals surface area contributed by atoms with Crippen LogP contribution in [0.15, 0.2) is 58.1 Å². The zero-order valence-electron chi connectivity index (χ0n) is 16.5. The molecular weight excluding hydrogens is 386 g/mol. The minimum absolute atomic E-state index is 0.229. The van der Waals surface area contributed by atoms with Crippen molar-refractivity contribution in [2.45, 2.75) is 32.5 Å². The maximum atomic E-state index is 12.7. The Bertz CT molecular complexity index is 1100. The van der Waals surface area contributed by atoms with Crippen molar-refractivity contribution in [2.24, 2.45) is 0 Å². The van der Waals surface area contributed by atoms with Crippen molar-refractivity contribution >= 4 is 11.5 Å². The van der Waals surface area contributed by atoms with E-state index in [1.165, 1.54) is 15.7 Å². The van der Waals surface area contributed by atoms with Crippen LogP contribution in [-0.2, 0) is 26.1 Å². The molecule has 29 heavy (non-hydrogen) atoms. The van der Waals surface area contributed by atoms with Crippen molar-refractivity contribution in [2.75, 3.05) is 20.2 Å². The molecule has 0 bridgehead atoms. The smallest absolute Gasteiger partial charge is 0.341 e. The first-order chi connectivity index (χ1) is 14.2. The predicted molar refractivity (Wildman–Crippen MR) is 115 cm³/mol. The monoisotopic (exact) mass is 411 g/mol. The van der Waals surface area contributed by atoms with Gasteiger partial charge in [0, 0.05) is 43.3 Å². The Balaban J connectivity index is 1.39. The second-order valence-electron chi connectivity index (χ2n) is 7.29. The van der Waals surface area contributed by atoms with Crippen LogP contribution in [0.5, 0.6) is 5.75 Å². The second-order valence-corrected chi connectivity index (χ2v) is 8.26. The summed E-state index contributed by atoms with van der Waals surface area (Å²) < 4.78 is 8.21. The van der Waals surface area contributed by atoms with Gasteiger partial charge in [0.05, 0.1) is 13.7 Å². The zero-order valence-corrected chi connectivity index (χ0v) is 17.4. The highest BCUT2D eigenvalue weighted by molar-refractivity contribution is 7.03.